The highest BCUT2D eigenvalue weighted by Gasteiger charge is 2.56. The third-order valence-corrected chi connectivity index (χ3v) is 6.92. The van der Waals surface area contributed by atoms with Gasteiger partial charge in [-0.1, -0.05) is 39.8 Å². The van der Waals surface area contributed by atoms with Crippen LogP contribution in [0.3, 0.4) is 0 Å². The maximum absolute atomic E-state index is 13.4. The summed E-state index contributed by atoms with van der Waals surface area (Å²) in [6.07, 6.45) is 0. The van der Waals surface area contributed by atoms with Crippen molar-refractivity contribution in [1.29, 1.82) is 5.26 Å². The molecular formula is C21H16BrN3O3S. The zero-order chi connectivity index (χ0) is 20.7. The van der Waals surface area contributed by atoms with Crippen molar-refractivity contribution in [2.75, 3.05) is 12.0 Å². The van der Waals surface area contributed by atoms with Crippen molar-refractivity contribution in [3.63, 3.8) is 0 Å². The standard InChI is InChI=1S/C21H16BrN3O3S/c1-28-14-8-2-11(3-9-14)16-15(10-23)19(24)29-18-17(16)20(26)25(21(18)27)13-6-4-12(22)5-7-13/h2-9,16-18H,24H2,1H3/t16-,17-,18-/m0/s1. The van der Waals surface area contributed by atoms with Crippen LogP contribution in [-0.4, -0.2) is 24.2 Å². The van der Waals surface area contributed by atoms with Crippen molar-refractivity contribution < 1.29 is 14.3 Å². The first-order chi connectivity index (χ1) is 14.0. The van der Waals surface area contributed by atoms with Gasteiger partial charge in [0.15, 0.2) is 0 Å². The van der Waals surface area contributed by atoms with Crippen molar-refractivity contribution in [2.45, 2.75) is 11.2 Å². The monoisotopic (exact) mass is 469 g/mol. The number of hydrogen-bond donors (Lipinski definition) is 1. The van der Waals surface area contributed by atoms with Gasteiger partial charge >= 0.3 is 0 Å². The smallest absolute Gasteiger partial charge is 0.248 e. The van der Waals surface area contributed by atoms with Crippen LogP contribution in [0.2, 0.25) is 0 Å². The third kappa shape index (κ3) is 3.20. The maximum Gasteiger partial charge on any atom is 0.248 e. The number of allylic oxidation sites excluding steroid dienone is 1. The molecule has 0 aromatic heterocycles. The molecule has 0 unspecified atom stereocenters. The molecule has 2 N–H and O–H groups in total. The van der Waals surface area contributed by atoms with Gasteiger partial charge in [-0.3, -0.25) is 9.59 Å². The number of benzene rings is 2. The van der Waals surface area contributed by atoms with Crippen molar-refractivity contribution in [3.05, 3.63) is 69.2 Å². The first-order valence-electron chi connectivity index (χ1n) is 8.80. The summed E-state index contributed by atoms with van der Waals surface area (Å²) in [5, 5.41) is 9.35. The quantitative estimate of drug-likeness (QED) is 0.690. The fraction of sp³-hybridized carbons (Fsp3) is 0.190. The van der Waals surface area contributed by atoms with E-state index in [4.69, 9.17) is 10.5 Å². The fourth-order valence-corrected chi connectivity index (χ4v) is 5.26. The van der Waals surface area contributed by atoms with Crippen LogP contribution in [0.1, 0.15) is 11.5 Å². The molecule has 4 rings (SSSR count). The zero-order valence-electron chi connectivity index (χ0n) is 15.3. The number of rotatable bonds is 3. The van der Waals surface area contributed by atoms with Crippen LogP contribution in [0.25, 0.3) is 0 Å². The number of nitriles is 1. The molecule has 2 amide bonds. The van der Waals surface area contributed by atoms with E-state index in [1.54, 1.807) is 55.6 Å². The molecule has 2 aliphatic heterocycles. The number of anilines is 1. The number of carbonyl (C=O) groups is 2. The average Bonchev–Trinajstić information content (AvgIpc) is 2.97. The second-order valence-corrected chi connectivity index (χ2v) is 8.79. The van der Waals surface area contributed by atoms with E-state index in [1.807, 2.05) is 0 Å². The Morgan fingerprint density at radius 2 is 1.76 bits per heavy atom. The summed E-state index contributed by atoms with van der Waals surface area (Å²) in [5.74, 6) is -1.27. The molecule has 0 saturated carbocycles. The molecule has 0 radical (unpaired) electrons. The summed E-state index contributed by atoms with van der Waals surface area (Å²) in [6, 6.07) is 16.3. The molecule has 29 heavy (non-hydrogen) atoms. The topological polar surface area (TPSA) is 96.4 Å². The number of hydrogen-bond acceptors (Lipinski definition) is 6. The molecule has 1 saturated heterocycles. The van der Waals surface area contributed by atoms with Crippen LogP contribution in [0, 0.1) is 17.2 Å². The first-order valence-corrected chi connectivity index (χ1v) is 10.5. The minimum Gasteiger partial charge on any atom is -0.497 e. The van der Waals surface area contributed by atoms with Crippen molar-refractivity contribution in [1.82, 2.24) is 0 Å². The van der Waals surface area contributed by atoms with Crippen molar-refractivity contribution in [2.24, 2.45) is 11.7 Å². The van der Waals surface area contributed by atoms with Crippen LogP contribution in [0.4, 0.5) is 5.69 Å². The molecule has 0 bridgehead atoms. The van der Waals surface area contributed by atoms with Gasteiger partial charge in [0.2, 0.25) is 11.8 Å². The van der Waals surface area contributed by atoms with Gasteiger partial charge in [0.05, 0.1) is 35.4 Å². The van der Waals surface area contributed by atoms with Gasteiger partial charge in [0, 0.05) is 10.4 Å². The lowest BCUT2D eigenvalue weighted by atomic mass is 9.79. The summed E-state index contributed by atoms with van der Waals surface area (Å²) in [4.78, 5) is 27.7. The number of ether oxygens (including phenoxy) is 1. The molecule has 2 aromatic carbocycles. The fourth-order valence-electron chi connectivity index (χ4n) is 3.80. The van der Waals surface area contributed by atoms with E-state index in [0.717, 1.165) is 21.8 Å². The third-order valence-electron chi connectivity index (χ3n) is 5.17. The molecule has 3 atom stereocenters. The highest BCUT2D eigenvalue weighted by Crippen LogP contribution is 2.50. The van der Waals surface area contributed by atoms with E-state index in [-0.39, 0.29) is 16.8 Å². The summed E-state index contributed by atoms with van der Waals surface area (Å²) in [7, 11) is 1.57. The lowest BCUT2D eigenvalue weighted by Gasteiger charge is -2.30. The molecule has 2 aliphatic rings. The van der Waals surface area contributed by atoms with Gasteiger partial charge in [0.25, 0.3) is 0 Å². The number of nitrogens with two attached hydrogens (primary N) is 1. The van der Waals surface area contributed by atoms with Crippen molar-refractivity contribution >= 4 is 45.2 Å². The minimum absolute atomic E-state index is 0.286. The lowest BCUT2D eigenvalue weighted by Crippen LogP contribution is -2.33. The first kappa shape index (κ1) is 19.6. The molecule has 146 valence electrons. The number of imide groups is 1. The Hall–Kier alpha value is -2.76. The molecule has 0 aliphatic carbocycles. The minimum atomic E-state index is -0.702. The largest absolute Gasteiger partial charge is 0.497 e. The van der Waals surface area contributed by atoms with Crippen LogP contribution < -0.4 is 15.4 Å². The van der Waals surface area contributed by atoms with E-state index in [9.17, 15) is 14.9 Å². The van der Waals surface area contributed by atoms with Gasteiger partial charge in [0.1, 0.15) is 11.0 Å². The predicted octanol–water partition coefficient (Wildman–Crippen LogP) is 3.54. The van der Waals surface area contributed by atoms with E-state index in [0.29, 0.717) is 17.0 Å². The highest BCUT2D eigenvalue weighted by molar-refractivity contribution is 9.10. The Morgan fingerprint density at radius 3 is 2.34 bits per heavy atom. The Labute approximate surface area is 180 Å². The van der Waals surface area contributed by atoms with Gasteiger partial charge in [-0.2, -0.15) is 5.26 Å². The van der Waals surface area contributed by atoms with Gasteiger partial charge in [-0.05, 0) is 42.0 Å². The summed E-state index contributed by atoms with van der Waals surface area (Å²) >= 11 is 4.46. The molecule has 2 aromatic rings. The SMILES string of the molecule is COc1ccc([C@H]2C(C#N)=C(N)S[C@@H]3C(=O)N(c4ccc(Br)cc4)C(=O)[C@H]32)cc1. The highest BCUT2D eigenvalue weighted by atomic mass is 79.9. The molecule has 1 fully saturated rings. The van der Waals surface area contributed by atoms with Crippen LogP contribution in [0.15, 0.2) is 63.6 Å². The molecule has 6 nitrogen and oxygen atoms in total. The Balaban J connectivity index is 1.80. The van der Waals surface area contributed by atoms with Crippen LogP contribution >= 0.6 is 27.7 Å². The Kier molecular flexibility index (Phi) is 5.11. The summed E-state index contributed by atoms with van der Waals surface area (Å²) in [5.41, 5.74) is 7.72. The number of amides is 2. The van der Waals surface area contributed by atoms with E-state index in [1.165, 1.54) is 4.90 Å². The predicted molar refractivity (Wildman–Crippen MR) is 114 cm³/mol. The van der Waals surface area contributed by atoms with Crippen molar-refractivity contribution in [3.8, 4) is 11.8 Å². The summed E-state index contributed by atoms with van der Waals surface area (Å²) < 4.78 is 6.05. The molecular weight excluding hydrogens is 454 g/mol. The zero-order valence-corrected chi connectivity index (χ0v) is 17.7. The van der Waals surface area contributed by atoms with Gasteiger partial charge < -0.3 is 10.5 Å². The summed E-state index contributed by atoms with van der Waals surface area (Å²) in [6.45, 7) is 0. The maximum atomic E-state index is 13.4. The lowest BCUT2D eigenvalue weighted by molar-refractivity contribution is -0.122. The van der Waals surface area contributed by atoms with E-state index < -0.39 is 17.1 Å². The number of nitrogens with zero attached hydrogens (tertiary/aromatic N) is 2. The average molecular weight is 470 g/mol. The second kappa shape index (κ2) is 7.58. The van der Waals surface area contributed by atoms with Gasteiger partial charge in [-0.15, -0.1) is 0 Å². The van der Waals surface area contributed by atoms with Gasteiger partial charge in [-0.25, -0.2) is 4.90 Å². The molecule has 2 heterocycles. The Morgan fingerprint density at radius 1 is 1.10 bits per heavy atom. The van der Waals surface area contributed by atoms with Crippen LogP contribution in [0.5, 0.6) is 5.75 Å². The number of methoxy groups -OCH3 is 1. The van der Waals surface area contributed by atoms with Crippen LogP contribution in [-0.2, 0) is 9.59 Å². The second-order valence-electron chi connectivity index (χ2n) is 6.69. The molecule has 0 spiro atoms. The van der Waals surface area contributed by atoms with E-state index in [2.05, 4.69) is 22.0 Å². The van der Waals surface area contributed by atoms with E-state index >= 15 is 0 Å². The normalized spacial score (nSPS) is 23.8. The number of carbonyl (C=O) groups excluding carboxylic acids is 2. The Bertz CT molecular complexity index is 1060. The number of halogens is 1. The molecule has 8 heteroatoms. The number of thioether (sulfide) groups is 1. The number of fused-ring (bicyclic) bond motifs is 1.